The minimum Gasteiger partial charge on any atom is -0.744 e. The third-order valence-corrected chi connectivity index (χ3v) is 8.91. The summed E-state index contributed by atoms with van der Waals surface area (Å²) in [5.74, 6) is -0.275. The Labute approximate surface area is 335 Å². The molecule has 4 aromatic rings. The molecule has 0 aliphatic heterocycles. The summed E-state index contributed by atoms with van der Waals surface area (Å²) in [5, 5.41) is 42.3. The van der Waals surface area contributed by atoms with Gasteiger partial charge in [-0.25, -0.2) is 8.42 Å². The summed E-state index contributed by atoms with van der Waals surface area (Å²) in [5.41, 5.74) is -0.122. The topological polar surface area (TPSA) is 300 Å². The van der Waals surface area contributed by atoms with Crippen LogP contribution in [0.5, 0.6) is 0 Å². The van der Waals surface area contributed by atoms with Crippen LogP contribution in [-0.4, -0.2) is 129 Å². The Bertz CT molecular complexity index is 1980. The van der Waals surface area contributed by atoms with Gasteiger partial charge in [0.05, 0.1) is 31.3 Å². The molecule has 0 saturated carbocycles. The Morgan fingerprint density at radius 2 is 1.02 bits per heavy atom. The van der Waals surface area contributed by atoms with Gasteiger partial charge in [0.1, 0.15) is 15.0 Å². The van der Waals surface area contributed by atoms with Crippen molar-refractivity contribution >= 4 is 90.8 Å². The van der Waals surface area contributed by atoms with E-state index in [1.54, 1.807) is 0 Å². The number of aliphatic hydroxyl groups is 4. The summed E-state index contributed by atoms with van der Waals surface area (Å²) in [7, 11) is -10.0. The van der Waals surface area contributed by atoms with Crippen molar-refractivity contribution in [2.24, 2.45) is 0 Å². The van der Waals surface area contributed by atoms with E-state index in [0.717, 1.165) is 18.2 Å². The monoisotopic (exact) mass is 824 g/mol. The number of nitrogens with one attached hydrogen (secondary N) is 2. The van der Waals surface area contributed by atoms with Crippen LogP contribution in [0.3, 0.4) is 0 Å². The number of hydrogen-bond acceptors (Lipinski definition) is 19. The van der Waals surface area contributed by atoms with Crippen molar-refractivity contribution < 1.29 is 75.9 Å². The molecule has 0 aliphatic carbocycles. The first-order chi connectivity index (χ1) is 24.6. The van der Waals surface area contributed by atoms with Crippen molar-refractivity contribution in [2.75, 3.05) is 73.0 Å². The number of rotatable bonds is 18. The molecule has 0 spiro atoms. The predicted octanol–water partition coefficient (Wildman–Crippen LogP) is -2.24. The van der Waals surface area contributed by atoms with E-state index >= 15 is 0 Å². The standard InChI is InChI=1S/C28H32Cl2N10O10S2.Na/c29-23-33-25(37-27(35-23)39(7-11-41)8-12-42)31-19-5-3-17(21(15-19)51(45,46)47)1-2-18-4-6-20(16-22(18)52(48,49)50)32-26-34-24(30)36-28(38-26)40(9-13-43)10-14-44;/h1-6,15-16,41-44H,7-14H2,(H,45,46,47)(H,48,49,50)(H,31,33,35,37)(H,32,34,36,38);/q;+1/p-1/b2-1+;. The molecule has 0 unspecified atom stereocenters. The SMILES string of the molecule is O=S(=O)([O-])c1cc(Nc2nc(Cl)nc(N(CCO)CCO)n2)ccc1/C=C/c1ccc(Nc2nc(Cl)nc(N(CCO)CCO)n2)cc1S(=O)(=O)O.[Na+]. The number of anilines is 6. The smallest absolute Gasteiger partial charge is 0.744 e. The van der Waals surface area contributed by atoms with E-state index in [0.29, 0.717) is 0 Å². The maximum Gasteiger partial charge on any atom is 1.00 e. The van der Waals surface area contributed by atoms with Crippen LogP contribution in [0.15, 0.2) is 46.2 Å². The largest absolute Gasteiger partial charge is 1.00 e. The van der Waals surface area contributed by atoms with Crippen LogP contribution < -0.4 is 50.0 Å². The molecule has 2 heterocycles. The van der Waals surface area contributed by atoms with Gasteiger partial charge in [0.15, 0.2) is 0 Å². The Morgan fingerprint density at radius 3 is 1.38 bits per heavy atom. The van der Waals surface area contributed by atoms with Gasteiger partial charge >= 0.3 is 29.6 Å². The average molecular weight is 826 g/mol. The molecule has 25 heteroatoms. The zero-order chi connectivity index (χ0) is 38.1. The van der Waals surface area contributed by atoms with E-state index in [1.165, 1.54) is 40.1 Å². The molecule has 2 aromatic carbocycles. The van der Waals surface area contributed by atoms with Gasteiger partial charge in [-0.3, -0.25) is 4.55 Å². The van der Waals surface area contributed by atoms with Gasteiger partial charge in [-0.2, -0.15) is 38.3 Å². The van der Waals surface area contributed by atoms with E-state index in [-0.39, 0.29) is 139 Å². The molecule has 0 amide bonds. The van der Waals surface area contributed by atoms with Gasteiger partial charge in [0.2, 0.25) is 34.4 Å². The molecule has 0 bridgehead atoms. The second-order valence-electron chi connectivity index (χ2n) is 10.3. The van der Waals surface area contributed by atoms with Crippen LogP contribution in [0.1, 0.15) is 11.1 Å². The number of aromatic nitrogens is 6. The van der Waals surface area contributed by atoms with E-state index in [9.17, 15) is 46.4 Å². The third-order valence-electron chi connectivity index (χ3n) is 6.77. The van der Waals surface area contributed by atoms with Crippen LogP contribution in [-0.2, 0) is 20.2 Å². The van der Waals surface area contributed by atoms with Crippen molar-refractivity contribution in [1.29, 1.82) is 0 Å². The van der Waals surface area contributed by atoms with Gasteiger partial charge < -0.3 is 45.4 Å². The number of hydrogen-bond donors (Lipinski definition) is 7. The first-order valence-electron chi connectivity index (χ1n) is 14.8. The molecule has 4 rings (SSSR count). The molecule has 0 fully saturated rings. The van der Waals surface area contributed by atoms with Crippen molar-refractivity contribution in [1.82, 2.24) is 29.9 Å². The van der Waals surface area contributed by atoms with Gasteiger partial charge in [0.25, 0.3) is 10.1 Å². The first-order valence-corrected chi connectivity index (χ1v) is 18.5. The maximum atomic E-state index is 12.4. The van der Waals surface area contributed by atoms with Crippen LogP contribution in [0.25, 0.3) is 12.2 Å². The minimum absolute atomic E-state index is 0. The second kappa shape index (κ2) is 19.8. The Morgan fingerprint density at radius 1 is 0.642 bits per heavy atom. The number of halogens is 2. The van der Waals surface area contributed by atoms with Gasteiger partial charge in [-0.05, 0) is 58.6 Å². The summed E-state index contributed by atoms with van der Waals surface area (Å²) in [6.07, 6.45) is 2.32. The molecule has 280 valence electrons. The van der Waals surface area contributed by atoms with Crippen LogP contribution in [0, 0.1) is 0 Å². The van der Waals surface area contributed by atoms with Gasteiger partial charge in [-0.1, -0.05) is 24.3 Å². The maximum absolute atomic E-state index is 12.4. The number of benzene rings is 2. The van der Waals surface area contributed by atoms with Crippen LogP contribution in [0.2, 0.25) is 10.6 Å². The molecular weight excluding hydrogens is 794 g/mol. The molecule has 20 nitrogen and oxygen atoms in total. The molecule has 0 radical (unpaired) electrons. The first kappa shape index (κ1) is 44.0. The summed E-state index contributed by atoms with van der Waals surface area (Å²) in [6.45, 7) is -0.881. The Balaban J connectivity index is 0.00000756. The fourth-order valence-electron chi connectivity index (χ4n) is 4.56. The molecule has 53 heavy (non-hydrogen) atoms. The average Bonchev–Trinajstić information content (AvgIpc) is 3.06. The summed E-state index contributed by atoms with van der Waals surface area (Å²) in [4.78, 5) is 25.7. The van der Waals surface area contributed by atoms with Crippen molar-refractivity contribution in [3.05, 3.63) is 58.1 Å². The normalized spacial score (nSPS) is 11.7. The van der Waals surface area contributed by atoms with E-state index in [1.807, 2.05) is 0 Å². The zero-order valence-corrected chi connectivity index (χ0v) is 32.8. The quantitative estimate of drug-likeness (QED) is 0.0317. The molecule has 0 atom stereocenters. The molecule has 7 N–H and O–H groups in total. The Hall–Kier alpha value is -3.36. The van der Waals surface area contributed by atoms with Crippen LogP contribution in [0.4, 0.5) is 35.2 Å². The summed E-state index contributed by atoms with van der Waals surface area (Å²) in [6, 6.07) is 7.32. The van der Waals surface area contributed by atoms with E-state index in [4.69, 9.17) is 23.2 Å². The van der Waals surface area contributed by atoms with Gasteiger partial charge in [0, 0.05) is 37.6 Å². The van der Waals surface area contributed by atoms with Crippen molar-refractivity contribution in [3.63, 3.8) is 0 Å². The van der Waals surface area contributed by atoms with Crippen molar-refractivity contribution in [2.45, 2.75) is 9.79 Å². The zero-order valence-electron chi connectivity index (χ0n) is 27.7. The minimum atomic E-state index is -5.12. The molecule has 2 aromatic heterocycles. The summed E-state index contributed by atoms with van der Waals surface area (Å²) < 4.78 is 71.7. The number of aliphatic hydroxyl groups excluding tert-OH is 4. The fourth-order valence-corrected chi connectivity index (χ4v) is 6.27. The van der Waals surface area contributed by atoms with E-state index in [2.05, 4.69) is 40.5 Å². The van der Waals surface area contributed by atoms with Crippen molar-refractivity contribution in [3.8, 4) is 0 Å². The van der Waals surface area contributed by atoms with Crippen LogP contribution >= 0.6 is 23.2 Å². The second-order valence-corrected chi connectivity index (χ2v) is 13.8. The Kier molecular flexibility index (Phi) is 16.5. The molecular formula is C28H31Cl2N10NaO10S2. The molecule has 0 aliphatic rings. The predicted molar refractivity (Wildman–Crippen MR) is 189 cm³/mol. The van der Waals surface area contributed by atoms with E-state index < -0.39 is 30.0 Å². The fraction of sp³-hybridized carbons (Fsp3) is 0.286. The molecule has 0 saturated heterocycles. The van der Waals surface area contributed by atoms with Gasteiger partial charge in [-0.15, -0.1) is 0 Å². The number of nitrogens with zero attached hydrogens (tertiary/aromatic N) is 8. The summed E-state index contributed by atoms with van der Waals surface area (Å²) >= 11 is 12.1. The third kappa shape index (κ3) is 12.6.